The van der Waals surface area contributed by atoms with Gasteiger partial charge in [0, 0.05) is 24.6 Å². The van der Waals surface area contributed by atoms with Crippen LogP contribution >= 0.6 is 0 Å². The van der Waals surface area contributed by atoms with Crippen LogP contribution in [0.15, 0.2) is 30.7 Å². The van der Waals surface area contributed by atoms with Gasteiger partial charge in [-0.2, -0.15) is 10.2 Å². The van der Waals surface area contributed by atoms with E-state index in [1.165, 1.54) is 0 Å². The van der Waals surface area contributed by atoms with Gasteiger partial charge in [-0.1, -0.05) is 13.8 Å². The predicted octanol–water partition coefficient (Wildman–Crippen LogP) is 0.883. The van der Waals surface area contributed by atoms with Crippen molar-refractivity contribution >= 4 is 5.91 Å². The zero-order valence-electron chi connectivity index (χ0n) is 13.6. The molecule has 124 valence electrons. The van der Waals surface area contributed by atoms with E-state index < -0.39 is 0 Å². The highest BCUT2D eigenvalue weighted by atomic mass is 16.2. The molecular formula is C16H24N6O. The summed E-state index contributed by atoms with van der Waals surface area (Å²) in [5.74, 6) is 0.357. The van der Waals surface area contributed by atoms with Gasteiger partial charge in [-0.25, -0.2) is 0 Å². The van der Waals surface area contributed by atoms with Gasteiger partial charge in [0.1, 0.15) is 5.69 Å². The van der Waals surface area contributed by atoms with Crippen LogP contribution in [-0.2, 0) is 13.1 Å². The minimum atomic E-state index is -0.114. The van der Waals surface area contributed by atoms with Crippen molar-refractivity contribution in [3.8, 4) is 0 Å². The number of nitrogens with one attached hydrogen (secondary N) is 1. The lowest BCUT2D eigenvalue weighted by molar-refractivity contribution is 0.0198. The number of nitrogens with zero attached hydrogens (tertiary/aromatic N) is 4. The molecule has 1 saturated carbocycles. The largest absolute Gasteiger partial charge is 0.347 e. The zero-order valence-corrected chi connectivity index (χ0v) is 13.6. The third kappa shape index (κ3) is 3.14. The van der Waals surface area contributed by atoms with Gasteiger partial charge in [0.15, 0.2) is 0 Å². The van der Waals surface area contributed by atoms with Crippen LogP contribution in [0.2, 0.25) is 0 Å². The lowest BCUT2D eigenvalue weighted by Crippen LogP contribution is -2.60. The SMILES string of the molecule is CC1(C)C(CN)CC1NC(=O)c1ccn(CCn2cccn2)n1. The minimum Gasteiger partial charge on any atom is -0.347 e. The van der Waals surface area contributed by atoms with Crippen molar-refractivity contribution in [1.82, 2.24) is 24.9 Å². The lowest BCUT2D eigenvalue weighted by Gasteiger charge is -2.52. The van der Waals surface area contributed by atoms with Crippen molar-refractivity contribution in [2.45, 2.75) is 39.4 Å². The molecule has 2 unspecified atom stereocenters. The summed E-state index contributed by atoms with van der Waals surface area (Å²) in [4.78, 5) is 12.3. The molecule has 2 aromatic heterocycles. The Morgan fingerprint density at radius 2 is 2.17 bits per heavy atom. The van der Waals surface area contributed by atoms with Crippen LogP contribution in [0.3, 0.4) is 0 Å². The summed E-state index contributed by atoms with van der Waals surface area (Å²) in [7, 11) is 0. The molecule has 1 aliphatic carbocycles. The Bertz CT molecular complexity index is 660. The second kappa shape index (κ2) is 6.16. The van der Waals surface area contributed by atoms with Gasteiger partial charge in [0.25, 0.3) is 5.91 Å². The first kappa shape index (κ1) is 15.7. The van der Waals surface area contributed by atoms with Crippen molar-refractivity contribution in [3.63, 3.8) is 0 Å². The number of aromatic nitrogens is 4. The number of carbonyl (C=O) groups excluding carboxylic acids is 1. The average molecular weight is 316 g/mol. The molecule has 0 aliphatic heterocycles. The van der Waals surface area contributed by atoms with Gasteiger partial charge in [-0.3, -0.25) is 14.2 Å². The maximum Gasteiger partial charge on any atom is 0.272 e. The Balaban J connectivity index is 1.54. The van der Waals surface area contributed by atoms with E-state index >= 15 is 0 Å². The number of hydrogen-bond donors (Lipinski definition) is 2. The van der Waals surface area contributed by atoms with Crippen molar-refractivity contribution in [2.75, 3.05) is 6.54 Å². The van der Waals surface area contributed by atoms with Gasteiger partial charge in [0.05, 0.1) is 13.1 Å². The first-order valence-corrected chi connectivity index (χ1v) is 8.02. The molecule has 0 saturated heterocycles. The van der Waals surface area contributed by atoms with E-state index in [2.05, 4.69) is 29.4 Å². The Kier molecular flexibility index (Phi) is 4.21. The molecule has 1 aliphatic rings. The molecule has 0 aromatic carbocycles. The summed E-state index contributed by atoms with van der Waals surface area (Å²) >= 11 is 0. The topological polar surface area (TPSA) is 90.8 Å². The second-order valence-electron chi connectivity index (χ2n) is 6.75. The number of rotatable bonds is 6. The normalized spacial score (nSPS) is 22.6. The molecule has 7 heteroatoms. The molecule has 3 rings (SSSR count). The van der Waals surface area contributed by atoms with Crippen molar-refractivity contribution in [1.29, 1.82) is 0 Å². The number of carbonyl (C=O) groups is 1. The smallest absolute Gasteiger partial charge is 0.272 e. The first-order chi connectivity index (χ1) is 11.0. The zero-order chi connectivity index (χ0) is 16.4. The predicted molar refractivity (Wildman–Crippen MR) is 86.7 cm³/mol. The van der Waals surface area contributed by atoms with Crippen LogP contribution in [-0.4, -0.2) is 38.1 Å². The Morgan fingerprint density at radius 1 is 1.39 bits per heavy atom. The molecule has 0 spiro atoms. The lowest BCUT2D eigenvalue weighted by atomic mass is 9.58. The number of hydrogen-bond acceptors (Lipinski definition) is 4. The molecule has 2 heterocycles. The van der Waals surface area contributed by atoms with E-state index in [1.807, 2.05) is 23.1 Å². The van der Waals surface area contributed by atoms with Crippen LogP contribution in [0.5, 0.6) is 0 Å². The summed E-state index contributed by atoms with van der Waals surface area (Å²) in [5, 5.41) is 11.6. The highest BCUT2D eigenvalue weighted by Crippen LogP contribution is 2.45. The van der Waals surface area contributed by atoms with E-state index in [1.54, 1.807) is 16.9 Å². The van der Waals surface area contributed by atoms with Crippen molar-refractivity contribution in [2.24, 2.45) is 17.1 Å². The molecule has 2 atom stereocenters. The molecule has 1 fully saturated rings. The van der Waals surface area contributed by atoms with E-state index in [4.69, 9.17) is 5.73 Å². The van der Waals surface area contributed by atoms with Crippen LogP contribution in [0, 0.1) is 11.3 Å². The number of amides is 1. The highest BCUT2D eigenvalue weighted by Gasteiger charge is 2.47. The molecule has 3 N–H and O–H groups in total. The first-order valence-electron chi connectivity index (χ1n) is 8.02. The second-order valence-corrected chi connectivity index (χ2v) is 6.75. The molecule has 23 heavy (non-hydrogen) atoms. The van der Waals surface area contributed by atoms with E-state index in [9.17, 15) is 4.79 Å². The number of nitrogens with two attached hydrogens (primary N) is 1. The fourth-order valence-electron chi connectivity index (χ4n) is 3.14. The number of aryl methyl sites for hydroxylation is 2. The van der Waals surface area contributed by atoms with Gasteiger partial charge in [-0.15, -0.1) is 0 Å². The van der Waals surface area contributed by atoms with Gasteiger partial charge < -0.3 is 11.1 Å². The maximum atomic E-state index is 12.3. The third-order valence-corrected chi connectivity index (χ3v) is 5.05. The van der Waals surface area contributed by atoms with Gasteiger partial charge in [-0.05, 0) is 36.4 Å². The van der Waals surface area contributed by atoms with Crippen molar-refractivity contribution in [3.05, 3.63) is 36.4 Å². The summed E-state index contributed by atoms with van der Waals surface area (Å²) in [6.07, 6.45) is 6.42. The fourth-order valence-corrected chi connectivity index (χ4v) is 3.14. The van der Waals surface area contributed by atoms with E-state index in [0.29, 0.717) is 24.7 Å². The van der Waals surface area contributed by atoms with Crippen LogP contribution in [0.4, 0.5) is 0 Å². The standard InChI is InChI=1S/C16H24N6O/c1-16(2)12(11-17)10-14(16)19-15(23)13-4-7-22(20-13)9-8-21-6-3-5-18-21/h3-7,12,14H,8-11,17H2,1-2H3,(H,19,23). The average Bonchev–Trinajstić information content (AvgIpc) is 3.19. The molecule has 0 radical (unpaired) electrons. The van der Waals surface area contributed by atoms with E-state index in [0.717, 1.165) is 13.0 Å². The Morgan fingerprint density at radius 3 is 2.83 bits per heavy atom. The monoisotopic (exact) mass is 316 g/mol. The molecule has 1 amide bonds. The maximum absolute atomic E-state index is 12.3. The summed E-state index contributed by atoms with van der Waals surface area (Å²) in [6.45, 7) is 6.38. The molecule has 2 aromatic rings. The highest BCUT2D eigenvalue weighted by molar-refractivity contribution is 5.92. The fraction of sp³-hybridized carbons (Fsp3) is 0.562. The summed E-state index contributed by atoms with van der Waals surface area (Å²) in [6, 6.07) is 3.80. The van der Waals surface area contributed by atoms with Crippen molar-refractivity contribution < 1.29 is 4.79 Å². The Labute approximate surface area is 135 Å². The van der Waals surface area contributed by atoms with Gasteiger partial charge in [0.2, 0.25) is 0 Å². The molecular weight excluding hydrogens is 292 g/mol. The van der Waals surface area contributed by atoms with E-state index in [-0.39, 0.29) is 17.4 Å². The van der Waals surface area contributed by atoms with Crippen LogP contribution < -0.4 is 11.1 Å². The summed E-state index contributed by atoms with van der Waals surface area (Å²) in [5.41, 5.74) is 6.26. The quantitative estimate of drug-likeness (QED) is 0.828. The third-order valence-electron chi connectivity index (χ3n) is 5.05. The van der Waals surface area contributed by atoms with Crippen LogP contribution in [0.1, 0.15) is 30.8 Å². The molecule has 7 nitrogen and oxygen atoms in total. The minimum absolute atomic E-state index is 0.0487. The summed E-state index contributed by atoms with van der Waals surface area (Å²) < 4.78 is 3.61. The molecule has 0 bridgehead atoms. The van der Waals surface area contributed by atoms with Crippen LogP contribution in [0.25, 0.3) is 0 Å². The Hall–Kier alpha value is -2.15. The van der Waals surface area contributed by atoms with Gasteiger partial charge >= 0.3 is 0 Å².